The molecule has 0 fully saturated rings. The number of carbonyl (C=O) groups is 2. The standard InChI is InChI=1S/C14H16O5S/c1-14(2,3)10(12(15)16)11(13(17)18)20(19)9-7-5-4-6-8-9/h4-8H,1-3H3,(H,15,16)(H,17,18)/b11-10-. The number of carboxylic acid groups (broad SMARTS) is 2. The van der Waals surface area contributed by atoms with Crippen LogP contribution in [0.3, 0.4) is 0 Å². The third kappa shape index (κ3) is 3.54. The largest absolute Gasteiger partial charge is 0.478 e. The van der Waals surface area contributed by atoms with Crippen molar-refractivity contribution >= 4 is 22.7 Å². The van der Waals surface area contributed by atoms with Gasteiger partial charge in [0.1, 0.15) is 4.91 Å². The summed E-state index contributed by atoms with van der Waals surface area (Å²) in [5, 5.41) is 18.5. The Morgan fingerprint density at radius 3 is 1.85 bits per heavy atom. The summed E-state index contributed by atoms with van der Waals surface area (Å²) in [6, 6.07) is 7.93. The van der Waals surface area contributed by atoms with Crippen molar-refractivity contribution in [1.29, 1.82) is 0 Å². The van der Waals surface area contributed by atoms with Gasteiger partial charge < -0.3 is 10.2 Å². The van der Waals surface area contributed by atoms with Crippen LogP contribution in [-0.4, -0.2) is 26.4 Å². The molecule has 0 spiro atoms. The van der Waals surface area contributed by atoms with E-state index in [9.17, 15) is 24.0 Å². The van der Waals surface area contributed by atoms with Crippen LogP contribution in [0.15, 0.2) is 45.7 Å². The minimum Gasteiger partial charge on any atom is -0.478 e. The molecular formula is C14H16O5S. The van der Waals surface area contributed by atoms with Gasteiger partial charge in [-0.2, -0.15) is 0 Å². The van der Waals surface area contributed by atoms with E-state index in [-0.39, 0.29) is 10.5 Å². The van der Waals surface area contributed by atoms with Crippen LogP contribution in [0.1, 0.15) is 20.8 Å². The molecule has 0 bridgehead atoms. The highest BCUT2D eigenvalue weighted by Gasteiger charge is 2.34. The molecule has 0 amide bonds. The average Bonchev–Trinajstić information content (AvgIpc) is 2.33. The third-order valence-electron chi connectivity index (χ3n) is 2.53. The third-order valence-corrected chi connectivity index (χ3v) is 3.98. The highest BCUT2D eigenvalue weighted by Crippen LogP contribution is 2.31. The maximum Gasteiger partial charge on any atom is 0.345 e. The molecule has 1 aromatic carbocycles. The van der Waals surface area contributed by atoms with E-state index in [2.05, 4.69) is 0 Å². The average molecular weight is 296 g/mol. The van der Waals surface area contributed by atoms with Gasteiger partial charge in [-0.25, -0.2) is 13.8 Å². The lowest BCUT2D eigenvalue weighted by molar-refractivity contribution is -0.136. The van der Waals surface area contributed by atoms with E-state index < -0.39 is 33.1 Å². The maximum atomic E-state index is 12.4. The molecule has 1 atom stereocenters. The maximum absolute atomic E-state index is 12.4. The molecule has 0 aliphatic rings. The van der Waals surface area contributed by atoms with E-state index in [1.807, 2.05) is 0 Å². The zero-order valence-corrected chi connectivity index (χ0v) is 12.2. The Balaban J connectivity index is 3.55. The number of carboxylic acids is 2. The van der Waals surface area contributed by atoms with Crippen LogP contribution < -0.4 is 0 Å². The van der Waals surface area contributed by atoms with Gasteiger partial charge in [-0.05, 0) is 17.5 Å². The van der Waals surface area contributed by atoms with E-state index in [1.54, 1.807) is 39.0 Å². The second kappa shape index (κ2) is 6.00. The Kier molecular flexibility index (Phi) is 4.83. The molecule has 0 saturated heterocycles. The van der Waals surface area contributed by atoms with E-state index >= 15 is 0 Å². The lowest BCUT2D eigenvalue weighted by Crippen LogP contribution is -2.24. The van der Waals surface area contributed by atoms with E-state index in [4.69, 9.17) is 0 Å². The van der Waals surface area contributed by atoms with E-state index in [0.29, 0.717) is 0 Å². The van der Waals surface area contributed by atoms with Crippen LogP contribution in [0.2, 0.25) is 0 Å². The lowest BCUT2D eigenvalue weighted by atomic mass is 9.86. The highest BCUT2D eigenvalue weighted by atomic mass is 32.2. The van der Waals surface area contributed by atoms with Crippen molar-refractivity contribution in [2.24, 2.45) is 5.41 Å². The van der Waals surface area contributed by atoms with Crippen LogP contribution in [-0.2, 0) is 20.4 Å². The molecule has 2 N–H and O–H groups in total. The molecule has 1 rings (SSSR count). The van der Waals surface area contributed by atoms with Gasteiger partial charge in [0.2, 0.25) is 0 Å². The number of benzene rings is 1. The zero-order valence-electron chi connectivity index (χ0n) is 11.4. The fraction of sp³-hybridized carbons (Fsp3) is 0.286. The van der Waals surface area contributed by atoms with Gasteiger partial charge in [-0.3, -0.25) is 0 Å². The summed E-state index contributed by atoms with van der Waals surface area (Å²) in [4.78, 5) is 22.4. The monoisotopic (exact) mass is 296 g/mol. The molecular weight excluding hydrogens is 280 g/mol. The fourth-order valence-electron chi connectivity index (χ4n) is 1.70. The Bertz CT molecular complexity index is 581. The summed E-state index contributed by atoms with van der Waals surface area (Å²) in [6.45, 7) is 4.71. The van der Waals surface area contributed by atoms with Gasteiger partial charge in [0.05, 0.1) is 16.4 Å². The van der Waals surface area contributed by atoms with E-state index in [0.717, 1.165) is 0 Å². The van der Waals surface area contributed by atoms with Crippen molar-refractivity contribution in [1.82, 2.24) is 0 Å². The first kappa shape index (κ1) is 16.1. The molecule has 20 heavy (non-hydrogen) atoms. The van der Waals surface area contributed by atoms with Gasteiger partial charge in [0.25, 0.3) is 0 Å². The topological polar surface area (TPSA) is 91.7 Å². The van der Waals surface area contributed by atoms with Gasteiger partial charge in [0.15, 0.2) is 0 Å². The lowest BCUT2D eigenvalue weighted by Gasteiger charge is -2.21. The molecule has 108 valence electrons. The molecule has 0 aliphatic carbocycles. The van der Waals surface area contributed by atoms with Crippen molar-refractivity contribution in [3.63, 3.8) is 0 Å². The minimum absolute atomic E-state index is 0.257. The summed E-state index contributed by atoms with van der Waals surface area (Å²) in [5.74, 6) is -2.86. The Hall–Kier alpha value is -1.95. The molecule has 1 unspecified atom stereocenters. The summed E-state index contributed by atoms with van der Waals surface area (Å²) in [7, 11) is -2.05. The number of hydrogen-bond donors (Lipinski definition) is 2. The van der Waals surface area contributed by atoms with Crippen LogP contribution in [0.5, 0.6) is 0 Å². The van der Waals surface area contributed by atoms with Crippen molar-refractivity contribution in [2.45, 2.75) is 25.7 Å². The summed E-state index contributed by atoms with van der Waals surface area (Å²) in [6.07, 6.45) is 0. The molecule has 0 aliphatic heterocycles. The quantitative estimate of drug-likeness (QED) is 0.832. The van der Waals surface area contributed by atoms with Crippen molar-refractivity contribution in [2.75, 3.05) is 0 Å². The first-order valence-corrected chi connectivity index (χ1v) is 6.99. The second-order valence-electron chi connectivity index (χ2n) is 5.15. The molecule has 6 heteroatoms. The smallest absolute Gasteiger partial charge is 0.345 e. The first-order chi connectivity index (χ1) is 9.16. The SMILES string of the molecule is CC(C)(C)/C(C(=O)O)=C(/C(=O)O)S(=O)c1ccccc1. The molecule has 0 heterocycles. The fourth-order valence-corrected chi connectivity index (χ4v) is 3.08. The molecule has 0 radical (unpaired) electrons. The van der Waals surface area contributed by atoms with Crippen molar-refractivity contribution in [3.05, 3.63) is 40.8 Å². The van der Waals surface area contributed by atoms with Crippen LogP contribution in [0.4, 0.5) is 0 Å². The van der Waals surface area contributed by atoms with Gasteiger partial charge in [0, 0.05) is 4.90 Å². The number of hydrogen-bond acceptors (Lipinski definition) is 3. The van der Waals surface area contributed by atoms with Crippen LogP contribution in [0.25, 0.3) is 0 Å². The zero-order chi connectivity index (χ0) is 15.5. The van der Waals surface area contributed by atoms with Gasteiger partial charge >= 0.3 is 11.9 Å². The van der Waals surface area contributed by atoms with Crippen molar-refractivity contribution < 1.29 is 24.0 Å². The van der Waals surface area contributed by atoms with Gasteiger partial charge in [-0.1, -0.05) is 39.0 Å². The molecule has 1 aromatic rings. The number of rotatable bonds is 4. The van der Waals surface area contributed by atoms with Crippen molar-refractivity contribution in [3.8, 4) is 0 Å². The summed E-state index contributed by atoms with van der Waals surface area (Å²) in [5.41, 5.74) is -1.29. The van der Waals surface area contributed by atoms with Gasteiger partial charge in [-0.15, -0.1) is 0 Å². The minimum atomic E-state index is -2.05. The summed E-state index contributed by atoms with van der Waals surface area (Å²) >= 11 is 0. The van der Waals surface area contributed by atoms with E-state index in [1.165, 1.54) is 12.1 Å². The van der Waals surface area contributed by atoms with Crippen LogP contribution in [0, 0.1) is 5.41 Å². The normalized spacial score (nSPS) is 14.3. The highest BCUT2D eigenvalue weighted by molar-refractivity contribution is 7.90. The molecule has 5 nitrogen and oxygen atoms in total. The Morgan fingerprint density at radius 1 is 1.00 bits per heavy atom. The predicted octanol–water partition coefficient (Wildman–Crippen LogP) is 2.26. The second-order valence-corrected chi connectivity index (χ2v) is 6.56. The van der Waals surface area contributed by atoms with Crippen LogP contribution >= 0.6 is 0 Å². The first-order valence-electron chi connectivity index (χ1n) is 5.84. The summed E-state index contributed by atoms with van der Waals surface area (Å²) < 4.78 is 12.4. The predicted molar refractivity (Wildman–Crippen MR) is 74.6 cm³/mol. The Morgan fingerprint density at radius 2 is 1.50 bits per heavy atom. The molecule has 0 aromatic heterocycles. The molecule has 0 saturated carbocycles. The number of aliphatic carboxylic acids is 2. The Labute approximate surface area is 119 Å².